The van der Waals surface area contributed by atoms with E-state index in [1.54, 1.807) is 22.1 Å². The van der Waals surface area contributed by atoms with Gasteiger partial charge in [0.15, 0.2) is 0 Å². The minimum absolute atomic E-state index is 0.0156. The summed E-state index contributed by atoms with van der Waals surface area (Å²) in [6.07, 6.45) is 4.92. The molecule has 0 aliphatic heterocycles. The molecule has 1 atom stereocenters. The lowest BCUT2D eigenvalue weighted by atomic mass is 10.1. The molecule has 3 heterocycles. The second kappa shape index (κ2) is 7.94. The molecular weight excluding hydrogens is 376 g/mol. The summed E-state index contributed by atoms with van der Waals surface area (Å²) in [5.74, 6) is 0.795. The highest BCUT2D eigenvalue weighted by molar-refractivity contribution is 5.96. The Morgan fingerprint density at radius 1 is 1.10 bits per heavy atom. The SMILES string of the molecule is Cc1cc(C(=O)N(C)C(C)c2ccc(-n3cncn3)cc2)c(C)n1-c1ccccn1. The van der Waals surface area contributed by atoms with Crippen LogP contribution in [0.1, 0.15) is 40.3 Å². The number of hydrogen-bond donors (Lipinski definition) is 0. The van der Waals surface area contributed by atoms with Gasteiger partial charge in [0.2, 0.25) is 0 Å². The highest BCUT2D eigenvalue weighted by Gasteiger charge is 2.24. The van der Waals surface area contributed by atoms with E-state index in [9.17, 15) is 4.79 Å². The number of benzene rings is 1. The van der Waals surface area contributed by atoms with Gasteiger partial charge >= 0.3 is 0 Å². The van der Waals surface area contributed by atoms with Gasteiger partial charge in [-0.25, -0.2) is 14.6 Å². The highest BCUT2D eigenvalue weighted by Crippen LogP contribution is 2.25. The number of amides is 1. The molecule has 0 aliphatic carbocycles. The van der Waals surface area contributed by atoms with Gasteiger partial charge in [-0.05, 0) is 56.7 Å². The molecule has 0 fully saturated rings. The Bertz CT molecular complexity index is 1150. The first-order valence-electron chi connectivity index (χ1n) is 9.80. The summed E-state index contributed by atoms with van der Waals surface area (Å²) in [6.45, 7) is 5.98. The molecule has 0 spiro atoms. The first kappa shape index (κ1) is 19.6. The Balaban J connectivity index is 1.58. The fourth-order valence-electron chi connectivity index (χ4n) is 3.65. The Morgan fingerprint density at radius 2 is 1.87 bits per heavy atom. The van der Waals surface area contributed by atoms with E-state index >= 15 is 0 Å². The monoisotopic (exact) mass is 400 g/mol. The number of carbonyl (C=O) groups is 1. The summed E-state index contributed by atoms with van der Waals surface area (Å²) in [5, 5.41) is 4.14. The van der Waals surface area contributed by atoms with Crippen molar-refractivity contribution >= 4 is 5.91 Å². The van der Waals surface area contributed by atoms with Crippen LogP contribution in [-0.4, -0.2) is 42.2 Å². The summed E-state index contributed by atoms with van der Waals surface area (Å²) in [7, 11) is 1.84. The number of nitrogens with zero attached hydrogens (tertiary/aromatic N) is 6. The number of hydrogen-bond acceptors (Lipinski definition) is 4. The predicted molar refractivity (Wildman–Crippen MR) is 115 cm³/mol. The molecule has 3 aromatic heterocycles. The average Bonchev–Trinajstić information content (AvgIpc) is 3.41. The van der Waals surface area contributed by atoms with Gasteiger partial charge in [-0.3, -0.25) is 4.79 Å². The molecule has 1 amide bonds. The van der Waals surface area contributed by atoms with Crippen molar-refractivity contribution in [3.63, 3.8) is 0 Å². The fourth-order valence-corrected chi connectivity index (χ4v) is 3.65. The molecule has 1 aromatic carbocycles. The maximum Gasteiger partial charge on any atom is 0.255 e. The Kier molecular flexibility index (Phi) is 5.18. The first-order valence-corrected chi connectivity index (χ1v) is 9.80. The van der Waals surface area contributed by atoms with Gasteiger partial charge in [0.1, 0.15) is 18.5 Å². The lowest BCUT2D eigenvalue weighted by Gasteiger charge is -2.25. The minimum atomic E-state index is -0.0831. The van der Waals surface area contributed by atoms with Crippen molar-refractivity contribution in [1.82, 2.24) is 29.2 Å². The van der Waals surface area contributed by atoms with E-state index in [2.05, 4.69) is 15.1 Å². The van der Waals surface area contributed by atoms with Crippen LogP contribution in [0.25, 0.3) is 11.5 Å². The molecule has 4 aromatic rings. The van der Waals surface area contributed by atoms with E-state index in [1.165, 1.54) is 6.33 Å². The number of aromatic nitrogens is 5. The molecule has 0 radical (unpaired) electrons. The lowest BCUT2D eigenvalue weighted by Crippen LogP contribution is -2.30. The van der Waals surface area contributed by atoms with Gasteiger partial charge in [0.25, 0.3) is 5.91 Å². The molecule has 4 rings (SSSR count). The Morgan fingerprint density at radius 3 is 2.50 bits per heavy atom. The van der Waals surface area contributed by atoms with Crippen molar-refractivity contribution in [2.45, 2.75) is 26.8 Å². The second-order valence-electron chi connectivity index (χ2n) is 7.33. The standard InChI is InChI=1S/C23H24N6O/c1-16-13-21(18(3)29(16)22-7-5-6-12-25-22)23(30)27(4)17(2)19-8-10-20(11-9-19)28-15-24-14-26-28/h5-15,17H,1-4H3. The van der Waals surface area contributed by atoms with Gasteiger partial charge < -0.3 is 9.47 Å². The van der Waals surface area contributed by atoms with Crippen LogP contribution in [0.2, 0.25) is 0 Å². The minimum Gasteiger partial charge on any atom is -0.335 e. The quantitative estimate of drug-likeness (QED) is 0.509. The van der Waals surface area contributed by atoms with Crippen LogP contribution in [0.3, 0.4) is 0 Å². The summed E-state index contributed by atoms with van der Waals surface area (Å²) in [5.41, 5.74) is 4.53. The molecule has 30 heavy (non-hydrogen) atoms. The second-order valence-corrected chi connectivity index (χ2v) is 7.33. The van der Waals surface area contributed by atoms with Gasteiger partial charge in [0.05, 0.1) is 17.3 Å². The van der Waals surface area contributed by atoms with Crippen LogP contribution in [0.4, 0.5) is 0 Å². The molecule has 0 saturated carbocycles. The third-order valence-electron chi connectivity index (χ3n) is 5.50. The van der Waals surface area contributed by atoms with Crippen LogP contribution in [0, 0.1) is 13.8 Å². The van der Waals surface area contributed by atoms with Crippen LogP contribution < -0.4 is 0 Å². The zero-order valence-electron chi connectivity index (χ0n) is 17.5. The van der Waals surface area contributed by atoms with Crippen LogP contribution >= 0.6 is 0 Å². The van der Waals surface area contributed by atoms with Gasteiger partial charge in [0, 0.05) is 24.6 Å². The first-order chi connectivity index (χ1) is 14.5. The maximum atomic E-state index is 13.3. The van der Waals surface area contributed by atoms with E-state index in [4.69, 9.17) is 0 Å². The van der Waals surface area contributed by atoms with E-state index in [-0.39, 0.29) is 11.9 Å². The van der Waals surface area contributed by atoms with Crippen LogP contribution in [-0.2, 0) is 0 Å². The van der Waals surface area contributed by atoms with Gasteiger partial charge in [-0.1, -0.05) is 18.2 Å². The zero-order chi connectivity index (χ0) is 21.3. The molecule has 152 valence electrons. The van der Waals surface area contributed by atoms with E-state index < -0.39 is 0 Å². The number of rotatable bonds is 5. The van der Waals surface area contributed by atoms with Crippen LogP contribution in [0.5, 0.6) is 0 Å². The van der Waals surface area contributed by atoms with Gasteiger partial charge in [-0.2, -0.15) is 5.10 Å². The van der Waals surface area contributed by atoms with E-state index in [0.717, 1.165) is 28.5 Å². The summed E-state index contributed by atoms with van der Waals surface area (Å²) in [4.78, 5) is 23.5. The lowest BCUT2D eigenvalue weighted by molar-refractivity contribution is 0.0742. The van der Waals surface area contributed by atoms with Gasteiger partial charge in [-0.15, -0.1) is 0 Å². The van der Waals surface area contributed by atoms with E-state index in [0.29, 0.717) is 5.56 Å². The Hall–Kier alpha value is -3.74. The fraction of sp³-hybridized carbons (Fsp3) is 0.217. The predicted octanol–water partition coefficient (Wildman–Crippen LogP) is 3.90. The summed E-state index contributed by atoms with van der Waals surface area (Å²) < 4.78 is 3.72. The number of pyridine rings is 1. The topological polar surface area (TPSA) is 68.8 Å². The van der Waals surface area contributed by atoms with E-state index in [1.807, 2.05) is 80.9 Å². The van der Waals surface area contributed by atoms with Crippen molar-refractivity contribution < 1.29 is 4.79 Å². The molecule has 0 saturated heterocycles. The maximum absolute atomic E-state index is 13.3. The number of aryl methyl sites for hydroxylation is 1. The number of carbonyl (C=O) groups excluding carboxylic acids is 1. The normalized spacial score (nSPS) is 12.0. The third-order valence-corrected chi connectivity index (χ3v) is 5.50. The summed E-state index contributed by atoms with van der Waals surface area (Å²) >= 11 is 0. The molecule has 7 heteroatoms. The van der Waals surface area contributed by atoms with Crippen molar-refractivity contribution in [3.8, 4) is 11.5 Å². The molecular formula is C23H24N6O. The zero-order valence-corrected chi connectivity index (χ0v) is 17.5. The molecule has 7 nitrogen and oxygen atoms in total. The molecule has 0 N–H and O–H groups in total. The van der Waals surface area contributed by atoms with Crippen molar-refractivity contribution in [1.29, 1.82) is 0 Å². The molecule has 0 bridgehead atoms. The Labute approximate surface area is 175 Å². The van der Waals surface area contributed by atoms with Crippen molar-refractivity contribution in [3.05, 3.63) is 89.9 Å². The average molecular weight is 400 g/mol. The molecule has 0 aliphatic rings. The van der Waals surface area contributed by atoms with Crippen LogP contribution in [0.15, 0.2) is 67.4 Å². The summed E-state index contributed by atoms with van der Waals surface area (Å²) in [6, 6.07) is 15.6. The molecule has 1 unspecified atom stereocenters. The third kappa shape index (κ3) is 3.50. The largest absolute Gasteiger partial charge is 0.335 e. The smallest absolute Gasteiger partial charge is 0.255 e. The highest BCUT2D eigenvalue weighted by atomic mass is 16.2. The van der Waals surface area contributed by atoms with Crippen molar-refractivity contribution in [2.75, 3.05) is 7.05 Å². The van der Waals surface area contributed by atoms with Crippen molar-refractivity contribution in [2.24, 2.45) is 0 Å².